The van der Waals surface area contributed by atoms with Crippen LogP contribution < -0.4 is 9.05 Å². The molecule has 7 rings (SSSR count). The molecule has 0 saturated carbocycles. The zero-order chi connectivity index (χ0) is 53.9. The van der Waals surface area contributed by atoms with Gasteiger partial charge in [-0.25, -0.2) is 0 Å². The minimum absolute atomic E-state index is 0.00904. The molecule has 0 spiro atoms. The van der Waals surface area contributed by atoms with Crippen LogP contribution in [0.2, 0.25) is 25.1 Å². The number of hydrogen-bond donors (Lipinski definition) is 6. The molecular weight excluding hydrogens is 1040 g/mol. The summed E-state index contributed by atoms with van der Waals surface area (Å²) in [6.45, 7) is 16.2. The normalized spacial score (nSPS) is 12.1. The van der Waals surface area contributed by atoms with Crippen molar-refractivity contribution in [2.75, 3.05) is 26.4 Å². The number of benzene rings is 7. The number of halogens is 5. The van der Waals surface area contributed by atoms with Gasteiger partial charge in [0.2, 0.25) is 0 Å². The Morgan fingerprint density at radius 1 is 0.370 bits per heavy atom. The molecule has 0 amide bonds. The number of aliphatic hydroxyl groups excluding tert-OH is 4. The van der Waals surface area contributed by atoms with Gasteiger partial charge in [0.25, 0.3) is 0 Å². The molecule has 388 valence electrons. The van der Waals surface area contributed by atoms with Gasteiger partial charge < -0.3 is 39.5 Å². The van der Waals surface area contributed by atoms with E-state index in [2.05, 4.69) is 177 Å². The molecule has 0 unspecified atom stereocenters. The lowest BCUT2D eigenvalue weighted by Crippen LogP contribution is -2.37. The van der Waals surface area contributed by atoms with E-state index in [1.807, 2.05) is 36.4 Å². The Balaban J connectivity index is 0.000000390. The van der Waals surface area contributed by atoms with Crippen LogP contribution in [0.5, 0.6) is 17.2 Å². The first kappa shape index (κ1) is 59.5. The number of hydrogen-bond acceptors (Lipinski definition) is 8. The van der Waals surface area contributed by atoms with Crippen LogP contribution in [0.4, 0.5) is 0 Å². The Morgan fingerprint density at radius 3 is 0.890 bits per heavy atom. The fourth-order valence-corrected chi connectivity index (χ4v) is 9.94. The number of aliphatic hydroxyl groups is 4. The van der Waals surface area contributed by atoms with E-state index in [9.17, 15) is 10.00 Å². The number of aromatic hydroxyl groups is 1. The molecule has 0 saturated heterocycles. The van der Waals surface area contributed by atoms with Crippen LogP contribution in [0, 0.1) is 5.41 Å². The van der Waals surface area contributed by atoms with Crippen LogP contribution in [-0.2, 0) is 21.7 Å². The first-order chi connectivity index (χ1) is 34.4. The average molecular weight is 1110 g/mol. The molecule has 0 atom stereocenters. The molecule has 0 radical (unpaired) electrons. The molecule has 0 aromatic heterocycles. The van der Waals surface area contributed by atoms with Gasteiger partial charge in [0.1, 0.15) is 21.5 Å². The van der Waals surface area contributed by atoms with E-state index in [4.69, 9.17) is 87.5 Å². The lowest BCUT2D eigenvalue weighted by Gasteiger charge is -2.33. The third kappa shape index (κ3) is 13.7. The molecule has 6 N–H and O–H groups in total. The molecule has 0 aliphatic heterocycles. The molecule has 14 heteroatoms. The largest absolute Gasteiger partial charge is 0.505 e. The number of rotatable bonds is 16. The number of phenols is 1. The minimum atomic E-state index is -2.36. The van der Waals surface area contributed by atoms with Crippen molar-refractivity contribution in [2.45, 2.75) is 77.0 Å². The molecule has 8 nitrogen and oxygen atoms in total. The zero-order valence-corrected chi connectivity index (χ0v) is 46.9. The Hall–Kier alpha value is -4.38. The first-order valence-electron chi connectivity index (χ1n) is 23.4. The maximum Gasteiger partial charge on any atom is 0.460 e. The maximum atomic E-state index is 11.7. The van der Waals surface area contributed by atoms with E-state index in [0.29, 0.717) is 11.5 Å². The van der Waals surface area contributed by atoms with Crippen LogP contribution in [0.1, 0.15) is 99.9 Å². The van der Waals surface area contributed by atoms with Crippen molar-refractivity contribution >= 4 is 66.6 Å². The Bertz CT molecular complexity index is 2610. The lowest BCUT2D eigenvalue weighted by molar-refractivity contribution is -0.0328. The van der Waals surface area contributed by atoms with Crippen molar-refractivity contribution in [3.05, 3.63) is 227 Å². The lowest BCUT2D eigenvalue weighted by atomic mass is 9.73. The fraction of sp³-hybridized carbons (Fsp3) is 0.288. The monoisotopic (exact) mass is 1110 g/mol. The highest BCUT2D eigenvalue weighted by Crippen LogP contribution is 2.50. The summed E-state index contributed by atoms with van der Waals surface area (Å²) in [5.74, 6) is 0.833. The quantitative estimate of drug-likeness (QED) is 0.0319. The van der Waals surface area contributed by atoms with Crippen LogP contribution in [0.3, 0.4) is 0 Å². The smallest absolute Gasteiger partial charge is 0.460 e. The Kier molecular flexibility index (Phi) is 20.7. The van der Waals surface area contributed by atoms with Crippen molar-refractivity contribution < 1.29 is 39.5 Å². The van der Waals surface area contributed by atoms with Crippen LogP contribution in [-0.4, -0.2) is 56.9 Å². The summed E-state index contributed by atoms with van der Waals surface area (Å²) in [6, 6.07) is 54.8. The van der Waals surface area contributed by atoms with Gasteiger partial charge in [-0.1, -0.05) is 259 Å². The molecule has 0 aliphatic rings. The van der Waals surface area contributed by atoms with E-state index in [1.165, 1.54) is 11.1 Å². The SMILES string of the molecule is CC(C)(c1ccccc1)c1ccc(OP(O)Oc2ccc(C(C)(C)c3ccccc3)cc2C(C)(C)c2ccccc2)c(C(C)(C)c2ccccc2)c1.OCC(CO)(CO)CO.Oc1c(Cl)c(Cl)c(Cl)c(Cl)c1Cl. The minimum Gasteiger partial charge on any atom is -0.505 e. The second kappa shape index (κ2) is 25.4. The molecule has 0 fully saturated rings. The summed E-state index contributed by atoms with van der Waals surface area (Å²) in [6.07, 6.45) is 0. The molecule has 0 aliphatic carbocycles. The summed E-state index contributed by atoms with van der Waals surface area (Å²) in [4.78, 5) is 11.7. The van der Waals surface area contributed by atoms with Crippen LogP contribution in [0.15, 0.2) is 158 Å². The fourth-order valence-electron chi connectivity index (χ4n) is 8.12. The summed E-state index contributed by atoms with van der Waals surface area (Å²) in [5, 5.41) is 43.0. The predicted octanol–water partition coefficient (Wildman–Crippen LogP) is 15.3. The highest BCUT2D eigenvalue weighted by molar-refractivity contribution is 7.41. The van der Waals surface area contributed by atoms with Crippen molar-refractivity contribution in [3.8, 4) is 17.2 Å². The first-order valence-corrected chi connectivity index (χ1v) is 26.5. The molecule has 7 aromatic carbocycles. The van der Waals surface area contributed by atoms with Gasteiger partial charge in [-0.15, -0.1) is 0 Å². The van der Waals surface area contributed by atoms with Gasteiger partial charge in [0.05, 0.1) is 46.9 Å². The van der Waals surface area contributed by atoms with Crippen LogP contribution >= 0.6 is 66.6 Å². The maximum absolute atomic E-state index is 11.7. The van der Waals surface area contributed by atoms with Gasteiger partial charge in [0, 0.05) is 32.8 Å². The molecular formula is C59H64Cl5O8P. The second-order valence-electron chi connectivity index (χ2n) is 19.9. The summed E-state index contributed by atoms with van der Waals surface area (Å²) >= 11 is 27.9. The van der Waals surface area contributed by atoms with Gasteiger partial charge in [-0.05, 0) is 45.5 Å². The zero-order valence-electron chi connectivity index (χ0n) is 42.2. The summed E-state index contributed by atoms with van der Waals surface area (Å²) in [7, 11) is -2.36. The Labute approximate surface area is 456 Å². The van der Waals surface area contributed by atoms with Gasteiger partial charge in [-0.3, -0.25) is 0 Å². The van der Waals surface area contributed by atoms with E-state index < -0.39 is 51.3 Å². The van der Waals surface area contributed by atoms with E-state index in [0.717, 1.165) is 33.4 Å². The molecule has 0 heterocycles. The average Bonchev–Trinajstić information content (AvgIpc) is 3.41. The predicted molar refractivity (Wildman–Crippen MR) is 301 cm³/mol. The standard InChI is InChI=1S/C48H51O3P.C6HCl5O.C5H12O4/c1-45(2,35-21-13-9-14-22-35)39-29-31-43(41(33-39)47(5,6)37-25-17-11-18-26-37)50-52(49)51-44-32-30-40(46(3,4)36-23-15-10-16-24-36)34-42(44)48(7,8)38-27-19-12-20-28-38;7-1-2(8)4(10)6(12)5(11)3(1)9;6-1-5(2-7,3-8)4-9/h9-34,49H,1-8H3;12H;6-9H,1-4H2. The summed E-state index contributed by atoms with van der Waals surface area (Å²) in [5.41, 5.74) is 6.58. The third-order valence-electron chi connectivity index (χ3n) is 13.6. The number of phenolic OH excluding ortho intramolecular Hbond substituents is 1. The van der Waals surface area contributed by atoms with Crippen molar-refractivity contribution in [2.24, 2.45) is 5.41 Å². The van der Waals surface area contributed by atoms with Crippen LogP contribution in [0.25, 0.3) is 0 Å². The molecule has 73 heavy (non-hydrogen) atoms. The van der Waals surface area contributed by atoms with Crippen molar-refractivity contribution in [1.82, 2.24) is 0 Å². The third-order valence-corrected chi connectivity index (χ3v) is 16.6. The van der Waals surface area contributed by atoms with Gasteiger partial charge >= 0.3 is 8.60 Å². The van der Waals surface area contributed by atoms with Gasteiger partial charge in [0.15, 0.2) is 5.75 Å². The topological polar surface area (TPSA) is 140 Å². The summed E-state index contributed by atoms with van der Waals surface area (Å²) < 4.78 is 12.9. The van der Waals surface area contributed by atoms with Crippen molar-refractivity contribution in [3.63, 3.8) is 0 Å². The van der Waals surface area contributed by atoms with E-state index in [-0.39, 0.29) is 41.7 Å². The Morgan fingerprint density at radius 2 is 0.630 bits per heavy atom. The van der Waals surface area contributed by atoms with Gasteiger partial charge in [-0.2, -0.15) is 0 Å². The van der Waals surface area contributed by atoms with E-state index >= 15 is 0 Å². The van der Waals surface area contributed by atoms with E-state index in [1.54, 1.807) is 0 Å². The second-order valence-corrected chi connectivity index (χ2v) is 22.6. The highest BCUT2D eigenvalue weighted by atomic mass is 35.5. The highest BCUT2D eigenvalue weighted by Gasteiger charge is 2.35. The molecule has 0 bridgehead atoms. The van der Waals surface area contributed by atoms with Crippen molar-refractivity contribution in [1.29, 1.82) is 0 Å². The molecule has 7 aromatic rings.